The Morgan fingerprint density at radius 2 is 1.80 bits per heavy atom. The Hall–Kier alpha value is -2.17. The van der Waals surface area contributed by atoms with Crippen molar-refractivity contribution in [2.24, 2.45) is 0 Å². The molecular weight excluding hydrogens is 312 g/mol. The highest BCUT2D eigenvalue weighted by molar-refractivity contribution is 5.93. The number of hydrogen-bond donors (Lipinski definition) is 1. The number of para-hydroxylation sites is 1. The van der Waals surface area contributed by atoms with Crippen molar-refractivity contribution >= 4 is 22.6 Å². The number of fused-ring (bicyclic) bond motifs is 1. The molecule has 1 amide bonds. The Morgan fingerprint density at radius 3 is 2.64 bits per heavy atom. The van der Waals surface area contributed by atoms with E-state index in [2.05, 4.69) is 20.2 Å². The van der Waals surface area contributed by atoms with E-state index in [1.165, 1.54) is 25.7 Å². The van der Waals surface area contributed by atoms with Crippen LogP contribution in [0.15, 0.2) is 30.6 Å². The fourth-order valence-corrected chi connectivity index (χ4v) is 4.23. The van der Waals surface area contributed by atoms with Gasteiger partial charge in [0, 0.05) is 18.0 Å². The van der Waals surface area contributed by atoms with E-state index in [4.69, 9.17) is 0 Å². The van der Waals surface area contributed by atoms with Crippen LogP contribution in [0.25, 0.3) is 10.9 Å². The molecule has 0 bridgehead atoms. The summed E-state index contributed by atoms with van der Waals surface area (Å²) in [7, 11) is 0. The van der Waals surface area contributed by atoms with E-state index in [1.54, 1.807) is 6.33 Å². The Morgan fingerprint density at radius 1 is 1.00 bits per heavy atom. The highest BCUT2D eigenvalue weighted by atomic mass is 16.2. The predicted octanol–water partition coefficient (Wildman–Crippen LogP) is 3.44. The molecule has 1 unspecified atom stereocenters. The minimum absolute atomic E-state index is 0.110. The third kappa shape index (κ3) is 3.46. The van der Waals surface area contributed by atoms with Crippen molar-refractivity contribution in [1.82, 2.24) is 15.3 Å². The number of hydrogen-bond acceptors (Lipinski definition) is 4. The van der Waals surface area contributed by atoms with Gasteiger partial charge in [-0.05, 0) is 37.8 Å². The third-order valence-corrected chi connectivity index (χ3v) is 5.55. The van der Waals surface area contributed by atoms with E-state index in [1.807, 2.05) is 24.3 Å². The molecule has 4 rings (SSSR count). The lowest BCUT2D eigenvalue weighted by Crippen LogP contribution is -2.47. The van der Waals surface area contributed by atoms with Crippen molar-refractivity contribution < 1.29 is 4.79 Å². The Bertz CT molecular complexity index is 734. The molecule has 1 N–H and O–H groups in total. The second kappa shape index (κ2) is 7.38. The average molecular weight is 338 g/mol. The number of carbonyl (C=O) groups is 1. The minimum Gasteiger partial charge on any atom is -0.352 e. The van der Waals surface area contributed by atoms with Crippen LogP contribution in [0.1, 0.15) is 51.4 Å². The molecule has 1 saturated carbocycles. The van der Waals surface area contributed by atoms with E-state index < -0.39 is 0 Å². The van der Waals surface area contributed by atoms with Crippen LogP contribution in [0.2, 0.25) is 0 Å². The molecule has 1 aromatic carbocycles. The van der Waals surface area contributed by atoms with Gasteiger partial charge in [0.15, 0.2) is 0 Å². The summed E-state index contributed by atoms with van der Waals surface area (Å²) >= 11 is 0. The second-order valence-corrected chi connectivity index (χ2v) is 7.26. The summed E-state index contributed by atoms with van der Waals surface area (Å²) in [6.45, 7) is 0.879. The van der Waals surface area contributed by atoms with Crippen molar-refractivity contribution in [3.05, 3.63) is 30.6 Å². The van der Waals surface area contributed by atoms with E-state index in [9.17, 15) is 4.79 Å². The van der Waals surface area contributed by atoms with Crippen LogP contribution >= 0.6 is 0 Å². The maximum atomic E-state index is 12.9. The number of amides is 1. The third-order valence-electron chi connectivity index (χ3n) is 5.55. The van der Waals surface area contributed by atoms with Crippen LogP contribution in [-0.2, 0) is 4.79 Å². The highest BCUT2D eigenvalue weighted by Crippen LogP contribution is 2.29. The highest BCUT2D eigenvalue weighted by Gasteiger charge is 2.33. The molecule has 5 heteroatoms. The van der Waals surface area contributed by atoms with Gasteiger partial charge < -0.3 is 10.2 Å². The van der Waals surface area contributed by atoms with Crippen LogP contribution in [0.4, 0.5) is 5.82 Å². The average Bonchev–Trinajstić information content (AvgIpc) is 3.00. The van der Waals surface area contributed by atoms with Crippen molar-refractivity contribution in [1.29, 1.82) is 0 Å². The summed E-state index contributed by atoms with van der Waals surface area (Å²) < 4.78 is 0. The van der Waals surface area contributed by atoms with Gasteiger partial charge >= 0.3 is 0 Å². The molecule has 1 atom stereocenters. The van der Waals surface area contributed by atoms with Crippen molar-refractivity contribution in [2.45, 2.75) is 63.5 Å². The van der Waals surface area contributed by atoms with E-state index in [0.717, 1.165) is 48.9 Å². The quantitative estimate of drug-likeness (QED) is 0.871. The Kier molecular flexibility index (Phi) is 4.81. The fraction of sp³-hybridized carbons (Fsp3) is 0.550. The van der Waals surface area contributed by atoms with Crippen LogP contribution in [0.3, 0.4) is 0 Å². The first-order chi connectivity index (χ1) is 12.3. The maximum Gasteiger partial charge on any atom is 0.242 e. The summed E-state index contributed by atoms with van der Waals surface area (Å²) in [4.78, 5) is 24.0. The molecule has 2 fully saturated rings. The molecule has 0 spiro atoms. The summed E-state index contributed by atoms with van der Waals surface area (Å²) in [6, 6.07) is 8.27. The van der Waals surface area contributed by atoms with Crippen LogP contribution in [0, 0.1) is 0 Å². The van der Waals surface area contributed by atoms with Gasteiger partial charge in [0.2, 0.25) is 5.91 Å². The number of anilines is 1. The summed E-state index contributed by atoms with van der Waals surface area (Å²) in [6.07, 6.45) is 10.8. The number of benzene rings is 1. The van der Waals surface area contributed by atoms with E-state index in [-0.39, 0.29) is 11.9 Å². The largest absolute Gasteiger partial charge is 0.352 e. The SMILES string of the molecule is O=C(NC1CCCCCC1)C1CCCN1c1ncnc2ccccc12. The predicted molar refractivity (Wildman–Crippen MR) is 99.5 cm³/mol. The van der Waals surface area contributed by atoms with Crippen molar-refractivity contribution in [2.75, 3.05) is 11.4 Å². The molecule has 1 saturated heterocycles. The van der Waals surface area contributed by atoms with Crippen molar-refractivity contribution in [3.8, 4) is 0 Å². The molecule has 2 aromatic rings. The maximum absolute atomic E-state index is 12.9. The number of aromatic nitrogens is 2. The number of rotatable bonds is 3. The van der Waals surface area contributed by atoms with Gasteiger partial charge in [0.05, 0.1) is 5.52 Å². The molecule has 1 aliphatic carbocycles. The zero-order valence-electron chi connectivity index (χ0n) is 14.7. The summed E-state index contributed by atoms with van der Waals surface area (Å²) in [5.74, 6) is 1.07. The molecule has 2 aliphatic rings. The normalized spacial score (nSPS) is 22.1. The standard InChI is InChI=1S/C20H26N4O/c25-20(23-15-8-3-1-2-4-9-15)18-12-7-13-24(18)19-16-10-5-6-11-17(16)21-14-22-19/h5-6,10-11,14-15,18H,1-4,7-9,12-13H2,(H,23,25). The van der Waals surface area contributed by atoms with Crippen LogP contribution in [-0.4, -0.2) is 34.5 Å². The first-order valence-corrected chi connectivity index (χ1v) is 9.60. The van der Waals surface area contributed by atoms with Gasteiger partial charge in [-0.2, -0.15) is 0 Å². The molecule has 132 valence electrons. The van der Waals surface area contributed by atoms with Gasteiger partial charge in [0.25, 0.3) is 0 Å². The number of carbonyl (C=O) groups excluding carboxylic acids is 1. The molecule has 25 heavy (non-hydrogen) atoms. The van der Waals surface area contributed by atoms with Gasteiger partial charge in [-0.1, -0.05) is 37.8 Å². The zero-order chi connectivity index (χ0) is 17.1. The molecular formula is C20H26N4O. The van der Waals surface area contributed by atoms with E-state index >= 15 is 0 Å². The molecule has 0 radical (unpaired) electrons. The van der Waals surface area contributed by atoms with Gasteiger partial charge in [-0.3, -0.25) is 4.79 Å². The van der Waals surface area contributed by atoms with Gasteiger partial charge in [-0.25, -0.2) is 9.97 Å². The lowest BCUT2D eigenvalue weighted by atomic mass is 10.1. The van der Waals surface area contributed by atoms with Gasteiger partial charge in [0.1, 0.15) is 18.2 Å². The number of nitrogens with one attached hydrogen (secondary N) is 1. The molecule has 1 aromatic heterocycles. The first kappa shape index (κ1) is 16.3. The van der Waals surface area contributed by atoms with Gasteiger partial charge in [-0.15, -0.1) is 0 Å². The minimum atomic E-state index is -0.110. The number of nitrogens with zero attached hydrogens (tertiary/aromatic N) is 3. The molecule has 1 aliphatic heterocycles. The monoisotopic (exact) mass is 338 g/mol. The lowest BCUT2D eigenvalue weighted by Gasteiger charge is -2.27. The lowest BCUT2D eigenvalue weighted by molar-refractivity contribution is -0.123. The fourth-order valence-electron chi connectivity index (χ4n) is 4.23. The first-order valence-electron chi connectivity index (χ1n) is 9.60. The smallest absolute Gasteiger partial charge is 0.242 e. The van der Waals surface area contributed by atoms with Crippen LogP contribution in [0.5, 0.6) is 0 Å². The second-order valence-electron chi connectivity index (χ2n) is 7.26. The summed E-state index contributed by atoms with van der Waals surface area (Å²) in [5, 5.41) is 4.35. The van der Waals surface area contributed by atoms with Crippen LogP contribution < -0.4 is 10.2 Å². The molecule has 2 heterocycles. The van der Waals surface area contributed by atoms with E-state index in [0.29, 0.717) is 6.04 Å². The zero-order valence-corrected chi connectivity index (χ0v) is 14.7. The Labute approximate surface area is 148 Å². The topological polar surface area (TPSA) is 58.1 Å². The van der Waals surface area contributed by atoms with Crippen molar-refractivity contribution in [3.63, 3.8) is 0 Å². The summed E-state index contributed by atoms with van der Waals surface area (Å²) in [5.41, 5.74) is 0.933. The Balaban J connectivity index is 1.54. The molecule has 5 nitrogen and oxygen atoms in total.